The predicted octanol–water partition coefficient (Wildman–Crippen LogP) is 5.69. The SMILES string of the molecule is COCc1cc(C)cc(C(F)(C(F)(F)F)C(F)(F)F)c1-c1ccco1. The van der Waals surface area contributed by atoms with E-state index >= 15 is 0 Å². The molecule has 0 bridgehead atoms. The predicted molar refractivity (Wildman–Crippen MR) is 74.5 cm³/mol. The van der Waals surface area contributed by atoms with Crippen LogP contribution in [-0.4, -0.2) is 19.5 Å². The summed E-state index contributed by atoms with van der Waals surface area (Å²) < 4.78 is 104. The van der Waals surface area contributed by atoms with Crippen molar-refractivity contribution >= 4 is 0 Å². The van der Waals surface area contributed by atoms with Crippen molar-refractivity contribution in [3.63, 3.8) is 0 Å². The van der Waals surface area contributed by atoms with Crippen molar-refractivity contribution in [3.8, 4) is 11.3 Å². The molecule has 0 atom stereocenters. The second-order valence-corrected chi connectivity index (χ2v) is 5.41. The number of benzene rings is 1. The number of methoxy groups -OCH3 is 1. The molecule has 0 spiro atoms. The monoisotopic (exact) mass is 370 g/mol. The molecule has 2 rings (SSSR count). The van der Waals surface area contributed by atoms with E-state index in [0.29, 0.717) is 6.07 Å². The molecule has 0 aliphatic carbocycles. The highest BCUT2D eigenvalue weighted by Gasteiger charge is 2.74. The average molecular weight is 370 g/mol. The smallest absolute Gasteiger partial charge is 0.435 e. The third-order valence-corrected chi connectivity index (χ3v) is 3.58. The summed E-state index contributed by atoms with van der Waals surface area (Å²) >= 11 is 0. The minimum atomic E-state index is -6.22. The largest absolute Gasteiger partial charge is 0.464 e. The van der Waals surface area contributed by atoms with E-state index in [9.17, 15) is 30.7 Å². The molecule has 25 heavy (non-hydrogen) atoms. The van der Waals surface area contributed by atoms with Gasteiger partial charge in [-0.25, -0.2) is 4.39 Å². The zero-order chi connectivity index (χ0) is 19.0. The van der Waals surface area contributed by atoms with Crippen LogP contribution in [0.15, 0.2) is 34.9 Å². The number of ether oxygens (including phenoxy) is 1. The van der Waals surface area contributed by atoms with Gasteiger partial charge in [0.15, 0.2) is 0 Å². The number of hydrogen-bond acceptors (Lipinski definition) is 2. The van der Waals surface area contributed by atoms with Gasteiger partial charge in [-0.05, 0) is 24.6 Å². The molecule has 2 nitrogen and oxygen atoms in total. The molecule has 1 aromatic carbocycles. The first-order valence-corrected chi connectivity index (χ1v) is 6.92. The van der Waals surface area contributed by atoms with E-state index in [0.717, 1.165) is 12.3 Å². The Balaban J connectivity index is 2.92. The molecular formula is C16H13F7O2. The van der Waals surface area contributed by atoms with Crippen molar-refractivity contribution in [2.75, 3.05) is 7.11 Å². The van der Waals surface area contributed by atoms with Gasteiger partial charge in [0, 0.05) is 18.2 Å². The van der Waals surface area contributed by atoms with Crippen LogP contribution >= 0.6 is 0 Å². The molecule has 0 unspecified atom stereocenters. The van der Waals surface area contributed by atoms with Crippen LogP contribution in [-0.2, 0) is 17.0 Å². The zero-order valence-electron chi connectivity index (χ0n) is 13.1. The highest BCUT2D eigenvalue weighted by molar-refractivity contribution is 5.69. The van der Waals surface area contributed by atoms with Crippen LogP contribution < -0.4 is 0 Å². The first kappa shape index (κ1) is 19.3. The lowest BCUT2D eigenvalue weighted by molar-refractivity contribution is -0.348. The van der Waals surface area contributed by atoms with Crippen LogP contribution in [0, 0.1) is 6.92 Å². The molecule has 1 aromatic heterocycles. The molecule has 0 amide bonds. The fourth-order valence-electron chi connectivity index (χ4n) is 2.58. The van der Waals surface area contributed by atoms with Crippen LogP contribution in [0.1, 0.15) is 16.7 Å². The molecule has 0 radical (unpaired) electrons. The van der Waals surface area contributed by atoms with Crippen molar-refractivity contribution in [2.45, 2.75) is 31.6 Å². The maximum Gasteiger partial charge on any atom is 0.435 e. The molecule has 0 saturated carbocycles. The van der Waals surface area contributed by atoms with Crippen molar-refractivity contribution in [1.82, 2.24) is 0 Å². The Labute approximate surface area is 138 Å². The van der Waals surface area contributed by atoms with Gasteiger partial charge >= 0.3 is 18.0 Å². The minimum Gasteiger partial charge on any atom is -0.464 e. The van der Waals surface area contributed by atoms with Gasteiger partial charge in [0.1, 0.15) is 5.76 Å². The van der Waals surface area contributed by atoms with Gasteiger partial charge < -0.3 is 9.15 Å². The van der Waals surface area contributed by atoms with E-state index in [4.69, 9.17) is 9.15 Å². The highest BCUT2D eigenvalue weighted by atomic mass is 19.4. The summed E-state index contributed by atoms with van der Waals surface area (Å²) in [6.45, 7) is 0.943. The van der Waals surface area contributed by atoms with Gasteiger partial charge in [-0.3, -0.25) is 0 Å². The van der Waals surface area contributed by atoms with Gasteiger partial charge in [-0.1, -0.05) is 17.7 Å². The van der Waals surface area contributed by atoms with Crippen LogP contribution in [0.4, 0.5) is 30.7 Å². The molecule has 1 heterocycles. The second kappa shape index (κ2) is 6.36. The summed E-state index contributed by atoms with van der Waals surface area (Å²) in [6, 6.07) is 4.27. The number of aryl methyl sites for hydroxylation is 1. The van der Waals surface area contributed by atoms with E-state index in [2.05, 4.69) is 0 Å². The molecular weight excluding hydrogens is 357 g/mol. The van der Waals surface area contributed by atoms with Crippen molar-refractivity contribution < 1.29 is 39.9 Å². The Hall–Kier alpha value is -2.03. The summed E-state index contributed by atoms with van der Waals surface area (Å²) in [5, 5.41) is 0. The highest BCUT2D eigenvalue weighted by Crippen LogP contribution is 2.56. The number of furan rings is 1. The van der Waals surface area contributed by atoms with E-state index in [1.54, 1.807) is 0 Å². The standard InChI is InChI=1S/C16H13F7O2/c1-9-6-10(8-24-2)13(12-4-3-5-25-12)11(7-9)14(17,15(18,19)20)16(21,22)23/h3-7H,8H2,1-2H3. The lowest BCUT2D eigenvalue weighted by Crippen LogP contribution is -2.50. The number of alkyl halides is 7. The molecule has 0 aliphatic rings. The molecule has 0 N–H and O–H groups in total. The molecule has 138 valence electrons. The topological polar surface area (TPSA) is 22.4 Å². The Morgan fingerprint density at radius 1 is 1.00 bits per heavy atom. The Morgan fingerprint density at radius 2 is 1.60 bits per heavy atom. The van der Waals surface area contributed by atoms with Crippen molar-refractivity contribution in [2.24, 2.45) is 0 Å². The van der Waals surface area contributed by atoms with Crippen molar-refractivity contribution in [1.29, 1.82) is 0 Å². The lowest BCUT2D eigenvalue weighted by atomic mass is 9.85. The van der Waals surface area contributed by atoms with Crippen LogP contribution in [0.25, 0.3) is 11.3 Å². The summed E-state index contributed by atoms with van der Waals surface area (Å²) in [5.74, 6) is -0.322. The second-order valence-electron chi connectivity index (χ2n) is 5.41. The first-order valence-electron chi connectivity index (χ1n) is 6.92. The van der Waals surface area contributed by atoms with E-state index in [1.807, 2.05) is 0 Å². The summed E-state index contributed by atoms with van der Waals surface area (Å²) in [4.78, 5) is 0. The maximum atomic E-state index is 14.7. The number of hydrogen-bond donors (Lipinski definition) is 0. The van der Waals surface area contributed by atoms with E-state index < -0.39 is 29.1 Å². The van der Waals surface area contributed by atoms with Gasteiger partial charge in [0.25, 0.3) is 0 Å². The maximum absolute atomic E-state index is 14.7. The quantitative estimate of drug-likeness (QED) is 0.645. The Morgan fingerprint density at radius 3 is 2.04 bits per heavy atom. The summed E-state index contributed by atoms with van der Waals surface area (Å²) in [7, 11) is 1.21. The molecule has 0 saturated heterocycles. The van der Waals surface area contributed by atoms with Crippen molar-refractivity contribution in [3.05, 3.63) is 47.2 Å². The minimum absolute atomic E-state index is 0.0212. The van der Waals surface area contributed by atoms with Crippen LogP contribution in [0.2, 0.25) is 0 Å². The third kappa shape index (κ3) is 3.24. The van der Waals surface area contributed by atoms with E-state index in [1.165, 1.54) is 26.2 Å². The normalized spacial score (nSPS) is 13.3. The van der Waals surface area contributed by atoms with E-state index in [-0.39, 0.29) is 23.5 Å². The summed E-state index contributed by atoms with van der Waals surface area (Å²) in [5.41, 5.74) is -7.80. The molecule has 9 heteroatoms. The van der Waals surface area contributed by atoms with Crippen LogP contribution in [0.5, 0.6) is 0 Å². The van der Waals surface area contributed by atoms with Gasteiger partial charge in [-0.2, -0.15) is 26.3 Å². The number of halogens is 7. The average Bonchev–Trinajstić information content (AvgIpc) is 2.97. The third-order valence-electron chi connectivity index (χ3n) is 3.58. The van der Waals surface area contributed by atoms with Gasteiger partial charge in [-0.15, -0.1) is 0 Å². The Kier molecular flexibility index (Phi) is 4.91. The fraction of sp³-hybridized carbons (Fsp3) is 0.375. The van der Waals surface area contributed by atoms with Gasteiger partial charge in [0.05, 0.1) is 12.9 Å². The van der Waals surface area contributed by atoms with Gasteiger partial charge in [0.2, 0.25) is 0 Å². The Bertz CT molecular complexity index is 716. The molecule has 0 aliphatic heterocycles. The van der Waals surface area contributed by atoms with Crippen LogP contribution in [0.3, 0.4) is 0 Å². The number of rotatable bonds is 4. The molecule has 2 aromatic rings. The summed E-state index contributed by atoms with van der Waals surface area (Å²) in [6.07, 6.45) is -11.4. The first-order chi connectivity index (χ1) is 11.4. The lowest BCUT2D eigenvalue weighted by Gasteiger charge is -2.32. The fourth-order valence-corrected chi connectivity index (χ4v) is 2.58. The zero-order valence-corrected chi connectivity index (χ0v) is 13.1. The molecule has 0 fully saturated rings.